The maximum atomic E-state index is 6.24. The van der Waals surface area contributed by atoms with Crippen LogP contribution in [-0.4, -0.2) is 12.7 Å². The van der Waals surface area contributed by atoms with Crippen molar-refractivity contribution in [1.82, 2.24) is 0 Å². The summed E-state index contributed by atoms with van der Waals surface area (Å²) < 4.78 is 5.87. The lowest BCUT2D eigenvalue weighted by Crippen LogP contribution is -2.27. The van der Waals surface area contributed by atoms with Crippen molar-refractivity contribution < 1.29 is 4.74 Å². The zero-order valence-electron chi connectivity index (χ0n) is 12.3. The quantitative estimate of drug-likeness (QED) is 0.869. The molecule has 2 unspecified atom stereocenters. The smallest absolute Gasteiger partial charge is 0.0739 e. The molecule has 0 aliphatic heterocycles. The molecule has 0 aliphatic carbocycles. The average Bonchev–Trinajstić information content (AvgIpc) is 2.48. The molecule has 0 aromatic heterocycles. The molecule has 2 N–H and O–H groups in total. The zero-order chi connectivity index (χ0) is 14.4. The van der Waals surface area contributed by atoms with Crippen molar-refractivity contribution in [2.24, 2.45) is 5.73 Å². The van der Waals surface area contributed by atoms with Gasteiger partial charge in [0.15, 0.2) is 0 Å². The first-order valence-corrected chi connectivity index (χ1v) is 7.14. The maximum Gasteiger partial charge on any atom is 0.0739 e. The number of benzene rings is 2. The Kier molecular flexibility index (Phi) is 5.33. The molecule has 0 aliphatic rings. The van der Waals surface area contributed by atoms with Crippen LogP contribution in [0.5, 0.6) is 0 Å². The fourth-order valence-electron chi connectivity index (χ4n) is 2.17. The van der Waals surface area contributed by atoms with E-state index < -0.39 is 0 Å². The largest absolute Gasteiger partial charge is 0.376 e. The fraction of sp³-hybridized carbons (Fsp3) is 0.333. The minimum Gasteiger partial charge on any atom is -0.376 e. The SMILES string of the molecule is Cc1ccc(C(N)C(C)OCCc2ccccc2)cc1. The number of nitrogens with two attached hydrogens (primary N) is 1. The van der Waals surface area contributed by atoms with E-state index in [1.54, 1.807) is 0 Å². The van der Waals surface area contributed by atoms with Gasteiger partial charge in [0.05, 0.1) is 18.8 Å². The summed E-state index contributed by atoms with van der Waals surface area (Å²) in [6.45, 7) is 4.81. The van der Waals surface area contributed by atoms with Crippen LogP contribution in [0.25, 0.3) is 0 Å². The normalized spacial score (nSPS) is 13.9. The van der Waals surface area contributed by atoms with E-state index in [-0.39, 0.29) is 12.1 Å². The van der Waals surface area contributed by atoms with Gasteiger partial charge in [-0.1, -0.05) is 60.2 Å². The van der Waals surface area contributed by atoms with Crippen molar-refractivity contribution in [3.05, 3.63) is 71.3 Å². The minimum absolute atomic E-state index is 0.0152. The lowest BCUT2D eigenvalue weighted by Gasteiger charge is -2.21. The molecule has 2 aromatic carbocycles. The standard InChI is InChI=1S/C18H23NO/c1-14-8-10-17(11-9-14)18(19)15(2)20-13-12-16-6-4-3-5-7-16/h3-11,15,18H,12-13,19H2,1-2H3. The summed E-state index contributed by atoms with van der Waals surface area (Å²) in [5.74, 6) is 0. The molecule has 2 aromatic rings. The van der Waals surface area contributed by atoms with Crippen LogP contribution in [0.2, 0.25) is 0 Å². The Bertz CT molecular complexity index is 507. The lowest BCUT2D eigenvalue weighted by molar-refractivity contribution is 0.0501. The molecule has 0 amide bonds. The highest BCUT2D eigenvalue weighted by atomic mass is 16.5. The molecule has 20 heavy (non-hydrogen) atoms. The molecule has 0 radical (unpaired) electrons. The van der Waals surface area contributed by atoms with Gasteiger partial charge in [0, 0.05) is 0 Å². The number of rotatable bonds is 6. The predicted octanol–water partition coefficient (Wildman–Crippen LogP) is 3.64. The second-order valence-electron chi connectivity index (χ2n) is 5.25. The van der Waals surface area contributed by atoms with E-state index in [4.69, 9.17) is 10.5 Å². The van der Waals surface area contributed by atoms with Gasteiger partial charge in [-0.05, 0) is 31.4 Å². The van der Waals surface area contributed by atoms with Crippen LogP contribution in [0.15, 0.2) is 54.6 Å². The third-order valence-corrected chi connectivity index (χ3v) is 3.58. The van der Waals surface area contributed by atoms with Gasteiger partial charge in [-0.25, -0.2) is 0 Å². The minimum atomic E-state index is -0.0774. The lowest BCUT2D eigenvalue weighted by atomic mass is 10.0. The van der Waals surface area contributed by atoms with Crippen molar-refractivity contribution in [3.8, 4) is 0 Å². The Labute approximate surface area is 121 Å². The summed E-state index contributed by atoms with van der Waals surface area (Å²) in [6.07, 6.45) is 0.938. The maximum absolute atomic E-state index is 6.24. The van der Waals surface area contributed by atoms with Crippen LogP contribution in [-0.2, 0) is 11.2 Å². The van der Waals surface area contributed by atoms with Crippen molar-refractivity contribution in [1.29, 1.82) is 0 Å². The van der Waals surface area contributed by atoms with Gasteiger partial charge in [-0.3, -0.25) is 0 Å². The molecule has 2 nitrogen and oxygen atoms in total. The Morgan fingerprint density at radius 1 is 1.00 bits per heavy atom. The first kappa shape index (κ1) is 14.8. The van der Waals surface area contributed by atoms with E-state index in [0.717, 1.165) is 12.0 Å². The number of aryl methyl sites for hydroxylation is 1. The molecular weight excluding hydrogens is 246 g/mol. The van der Waals surface area contributed by atoms with Gasteiger partial charge < -0.3 is 10.5 Å². The number of ether oxygens (including phenoxy) is 1. The van der Waals surface area contributed by atoms with Crippen LogP contribution in [0, 0.1) is 6.92 Å². The van der Waals surface area contributed by atoms with Crippen LogP contribution in [0.3, 0.4) is 0 Å². The summed E-state index contributed by atoms with van der Waals surface area (Å²) in [5, 5.41) is 0. The highest BCUT2D eigenvalue weighted by Gasteiger charge is 2.15. The van der Waals surface area contributed by atoms with E-state index in [1.165, 1.54) is 11.1 Å². The van der Waals surface area contributed by atoms with Crippen LogP contribution < -0.4 is 5.73 Å². The van der Waals surface area contributed by atoms with E-state index in [1.807, 2.05) is 13.0 Å². The van der Waals surface area contributed by atoms with Gasteiger partial charge in [0.25, 0.3) is 0 Å². The van der Waals surface area contributed by atoms with E-state index >= 15 is 0 Å². The van der Waals surface area contributed by atoms with Gasteiger partial charge in [0.1, 0.15) is 0 Å². The second-order valence-corrected chi connectivity index (χ2v) is 5.25. The molecule has 0 saturated heterocycles. The zero-order valence-corrected chi connectivity index (χ0v) is 12.3. The first-order valence-electron chi connectivity index (χ1n) is 7.14. The van der Waals surface area contributed by atoms with Gasteiger partial charge >= 0.3 is 0 Å². The summed E-state index contributed by atoms with van der Waals surface area (Å²) >= 11 is 0. The van der Waals surface area contributed by atoms with Crippen LogP contribution in [0.1, 0.15) is 29.7 Å². The Morgan fingerprint density at radius 2 is 1.65 bits per heavy atom. The molecular formula is C18H23NO. The Balaban J connectivity index is 1.82. The summed E-state index contributed by atoms with van der Waals surface area (Å²) in [7, 11) is 0. The third-order valence-electron chi connectivity index (χ3n) is 3.58. The van der Waals surface area contributed by atoms with Crippen molar-refractivity contribution in [2.45, 2.75) is 32.4 Å². The molecule has 0 fully saturated rings. The van der Waals surface area contributed by atoms with Gasteiger partial charge in [-0.15, -0.1) is 0 Å². The summed E-state index contributed by atoms with van der Waals surface area (Å²) in [4.78, 5) is 0. The van der Waals surface area contributed by atoms with Crippen LogP contribution >= 0.6 is 0 Å². The molecule has 2 rings (SSSR count). The average molecular weight is 269 g/mol. The highest BCUT2D eigenvalue weighted by Crippen LogP contribution is 2.17. The van der Waals surface area contributed by atoms with Crippen LogP contribution in [0.4, 0.5) is 0 Å². The molecule has 2 heteroatoms. The summed E-state index contributed by atoms with van der Waals surface area (Å²) in [5.41, 5.74) is 9.91. The number of hydrogen-bond acceptors (Lipinski definition) is 2. The highest BCUT2D eigenvalue weighted by molar-refractivity contribution is 5.24. The molecule has 106 valence electrons. The molecule has 2 atom stereocenters. The van der Waals surface area contributed by atoms with E-state index in [9.17, 15) is 0 Å². The predicted molar refractivity (Wildman–Crippen MR) is 83.7 cm³/mol. The Hall–Kier alpha value is -1.64. The Morgan fingerprint density at radius 3 is 2.30 bits per heavy atom. The van der Waals surface area contributed by atoms with Crippen molar-refractivity contribution in [2.75, 3.05) is 6.61 Å². The molecule has 0 saturated carbocycles. The van der Waals surface area contributed by atoms with Gasteiger partial charge in [-0.2, -0.15) is 0 Å². The first-order chi connectivity index (χ1) is 9.66. The van der Waals surface area contributed by atoms with E-state index in [0.29, 0.717) is 6.61 Å². The van der Waals surface area contributed by atoms with Crippen molar-refractivity contribution >= 4 is 0 Å². The monoisotopic (exact) mass is 269 g/mol. The molecule has 0 heterocycles. The second kappa shape index (κ2) is 7.22. The molecule has 0 bridgehead atoms. The van der Waals surface area contributed by atoms with E-state index in [2.05, 4.69) is 55.5 Å². The number of hydrogen-bond donors (Lipinski definition) is 1. The van der Waals surface area contributed by atoms with Gasteiger partial charge in [0.2, 0.25) is 0 Å². The topological polar surface area (TPSA) is 35.2 Å². The fourth-order valence-corrected chi connectivity index (χ4v) is 2.17. The summed E-state index contributed by atoms with van der Waals surface area (Å²) in [6, 6.07) is 18.6. The molecule has 0 spiro atoms. The third kappa shape index (κ3) is 4.19. The van der Waals surface area contributed by atoms with Crippen molar-refractivity contribution in [3.63, 3.8) is 0 Å².